The van der Waals surface area contributed by atoms with Gasteiger partial charge in [0, 0.05) is 19.2 Å². The van der Waals surface area contributed by atoms with Crippen LogP contribution >= 0.6 is 23.2 Å². The van der Waals surface area contributed by atoms with Crippen LogP contribution in [-0.2, 0) is 14.8 Å². The predicted octanol–water partition coefficient (Wildman–Crippen LogP) is 3.75. The minimum atomic E-state index is -3.73. The van der Waals surface area contributed by atoms with E-state index < -0.39 is 15.9 Å². The van der Waals surface area contributed by atoms with Gasteiger partial charge in [-0.25, -0.2) is 8.42 Å². The van der Waals surface area contributed by atoms with Crippen molar-refractivity contribution in [1.29, 1.82) is 0 Å². The summed E-state index contributed by atoms with van der Waals surface area (Å²) in [6.07, 6.45) is 0. The van der Waals surface area contributed by atoms with Crippen LogP contribution in [0.25, 0.3) is 0 Å². The standard InChI is InChI=1S/C18H20Cl2N2O5S/c1-3-22(4-2)28(25,26)13-6-8-17(23)16(10-13)21-18(24)11-27-12-5-7-14(19)15(20)9-12/h5-10,23H,3-4,11H2,1-2H3,(H,21,24). The smallest absolute Gasteiger partial charge is 0.262 e. The first kappa shape index (κ1) is 22.3. The Morgan fingerprint density at radius 2 is 1.79 bits per heavy atom. The first-order chi connectivity index (χ1) is 13.2. The van der Waals surface area contributed by atoms with Gasteiger partial charge >= 0.3 is 0 Å². The monoisotopic (exact) mass is 446 g/mol. The SMILES string of the molecule is CCN(CC)S(=O)(=O)c1ccc(O)c(NC(=O)COc2ccc(Cl)c(Cl)c2)c1. The van der Waals surface area contributed by atoms with Crippen LogP contribution in [-0.4, -0.2) is 43.4 Å². The van der Waals surface area contributed by atoms with E-state index in [0.29, 0.717) is 23.9 Å². The third kappa shape index (κ3) is 5.29. The molecule has 2 aromatic rings. The van der Waals surface area contributed by atoms with Crippen molar-refractivity contribution in [1.82, 2.24) is 4.31 Å². The second kappa shape index (κ2) is 9.47. The summed E-state index contributed by atoms with van der Waals surface area (Å²) in [5, 5.41) is 13.0. The summed E-state index contributed by atoms with van der Waals surface area (Å²) in [7, 11) is -3.73. The topological polar surface area (TPSA) is 95.9 Å². The number of phenolic OH excluding ortho intramolecular Hbond substituents is 1. The molecule has 0 atom stereocenters. The zero-order valence-electron chi connectivity index (χ0n) is 15.3. The van der Waals surface area contributed by atoms with Crippen molar-refractivity contribution < 1.29 is 23.1 Å². The van der Waals surface area contributed by atoms with Crippen LogP contribution in [0.2, 0.25) is 10.0 Å². The number of aromatic hydroxyl groups is 1. The van der Waals surface area contributed by atoms with Crippen molar-refractivity contribution in [3.8, 4) is 11.5 Å². The van der Waals surface area contributed by atoms with E-state index in [9.17, 15) is 18.3 Å². The average Bonchev–Trinajstić information content (AvgIpc) is 2.65. The molecule has 0 bridgehead atoms. The summed E-state index contributed by atoms with van der Waals surface area (Å²) in [6.45, 7) is 3.69. The van der Waals surface area contributed by atoms with Crippen LogP contribution in [0.4, 0.5) is 5.69 Å². The van der Waals surface area contributed by atoms with E-state index in [1.807, 2.05) is 0 Å². The fourth-order valence-electron chi connectivity index (χ4n) is 2.39. The quantitative estimate of drug-likeness (QED) is 0.601. The molecule has 0 aliphatic rings. The van der Waals surface area contributed by atoms with E-state index in [1.54, 1.807) is 19.9 Å². The molecule has 2 aromatic carbocycles. The predicted molar refractivity (Wildman–Crippen MR) is 109 cm³/mol. The van der Waals surface area contributed by atoms with Gasteiger partial charge in [0.1, 0.15) is 11.5 Å². The van der Waals surface area contributed by atoms with Gasteiger partial charge in [-0.2, -0.15) is 4.31 Å². The molecule has 2 N–H and O–H groups in total. The molecule has 2 rings (SSSR count). The number of carbonyl (C=O) groups is 1. The first-order valence-electron chi connectivity index (χ1n) is 8.39. The van der Waals surface area contributed by atoms with Gasteiger partial charge in [-0.15, -0.1) is 0 Å². The Bertz CT molecular complexity index is 962. The van der Waals surface area contributed by atoms with Gasteiger partial charge < -0.3 is 15.2 Å². The number of phenols is 1. The van der Waals surface area contributed by atoms with E-state index >= 15 is 0 Å². The van der Waals surface area contributed by atoms with Crippen LogP contribution in [0.1, 0.15) is 13.8 Å². The van der Waals surface area contributed by atoms with E-state index in [1.165, 1.54) is 34.6 Å². The normalized spacial score (nSPS) is 11.5. The molecule has 0 saturated carbocycles. The minimum absolute atomic E-state index is 0.0315. The average molecular weight is 447 g/mol. The molecule has 0 unspecified atom stereocenters. The lowest BCUT2D eigenvalue weighted by Gasteiger charge is -2.19. The summed E-state index contributed by atoms with van der Waals surface area (Å²) in [5.74, 6) is -0.508. The van der Waals surface area contributed by atoms with Crippen LogP contribution in [0.5, 0.6) is 11.5 Å². The van der Waals surface area contributed by atoms with E-state index in [0.717, 1.165) is 0 Å². The number of ether oxygens (including phenoxy) is 1. The third-order valence-electron chi connectivity index (χ3n) is 3.85. The van der Waals surface area contributed by atoms with Crippen LogP contribution < -0.4 is 10.1 Å². The number of hydrogen-bond donors (Lipinski definition) is 2. The summed E-state index contributed by atoms with van der Waals surface area (Å²) < 4.78 is 31.8. The highest BCUT2D eigenvalue weighted by molar-refractivity contribution is 7.89. The van der Waals surface area contributed by atoms with Crippen LogP contribution in [0, 0.1) is 0 Å². The van der Waals surface area contributed by atoms with E-state index in [-0.39, 0.29) is 28.0 Å². The van der Waals surface area contributed by atoms with Gasteiger partial charge in [-0.1, -0.05) is 37.0 Å². The van der Waals surface area contributed by atoms with Gasteiger partial charge in [0.15, 0.2) is 6.61 Å². The second-order valence-electron chi connectivity index (χ2n) is 5.68. The summed E-state index contributed by atoms with van der Waals surface area (Å²) >= 11 is 11.7. The maximum absolute atomic E-state index is 12.6. The molecule has 7 nitrogen and oxygen atoms in total. The lowest BCUT2D eigenvalue weighted by molar-refractivity contribution is -0.118. The molecule has 0 fully saturated rings. The van der Waals surface area contributed by atoms with Crippen LogP contribution in [0.15, 0.2) is 41.3 Å². The highest BCUT2D eigenvalue weighted by atomic mass is 35.5. The number of carbonyl (C=O) groups excluding carboxylic acids is 1. The molecule has 0 saturated heterocycles. The van der Waals surface area contributed by atoms with Crippen molar-refractivity contribution in [2.24, 2.45) is 0 Å². The molecular weight excluding hydrogens is 427 g/mol. The number of amides is 1. The Kier molecular flexibility index (Phi) is 7.54. The number of anilines is 1. The van der Waals surface area contributed by atoms with Crippen LogP contribution in [0.3, 0.4) is 0 Å². The van der Waals surface area contributed by atoms with Gasteiger partial charge in [0.05, 0.1) is 20.6 Å². The maximum Gasteiger partial charge on any atom is 0.262 e. The van der Waals surface area contributed by atoms with Gasteiger partial charge in [-0.05, 0) is 30.3 Å². The molecule has 1 amide bonds. The summed E-state index contributed by atoms with van der Waals surface area (Å²) in [4.78, 5) is 12.1. The molecule has 28 heavy (non-hydrogen) atoms. The maximum atomic E-state index is 12.6. The molecule has 0 aliphatic carbocycles. The highest BCUT2D eigenvalue weighted by Crippen LogP contribution is 2.29. The molecule has 0 aliphatic heterocycles. The largest absolute Gasteiger partial charge is 0.506 e. The molecule has 0 heterocycles. The van der Waals surface area contributed by atoms with Crippen molar-refractivity contribution >= 4 is 44.8 Å². The lowest BCUT2D eigenvalue weighted by Crippen LogP contribution is -2.30. The molecule has 0 aromatic heterocycles. The Labute approximate surface area is 173 Å². The number of nitrogens with one attached hydrogen (secondary N) is 1. The molecule has 0 radical (unpaired) electrons. The second-order valence-corrected chi connectivity index (χ2v) is 8.43. The van der Waals surface area contributed by atoms with Crippen molar-refractivity contribution in [2.45, 2.75) is 18.7 Å². The molecule has 152 valence electrons. The summed E-state index contributed by atoms with van der Waals surface area (Å²) in [6, 6.07) is 8.25. The van der Waals surface area contributed by atoms with Crippen molar-refractivity contribution in [2.75, 3.05) is 25.0 Å². The lowest BCUT2D eigenvalue weighted by atomic mass is 10.3. The molecule has 0 spiro atoms. The van der Waals surface area contributed by atoms with Crippen molar-refractivity contribution in [3.05, 3.63) is 46.4 Å². The number of benzene rings is 2. The van der Waals surface area contributed by atoms with Gasteiger partial charge in [-0.3, -0.25) is 4.79 Å². The highest BCUT2D eigenvalue weighted by Gasteiger charge is 2.23. The Balaban J connectivity index is 2.12. The molecular formula is C18H20Cl2N2O5S. The fourth-order valence-corrected chi connectivity index (χ4v) is 4.16. The first-order valence-corrected chi connectivity index (χ1v) is 10.6. The third-order valence-corrected chi connectivity index (χ3v) is 6.63. The number of rotatable bonds is 8. The fraction of sp³-hybridized carbons (Fsp3) is 0.278. The summed E-state index contributed by atoms with van der Waals surface area (Å²) in [5.41, 5.74) is -0.0315. The van der Waals surface area contributed by atoms with E-state index in [4.69, 9.17) is 27.9 Å². The number of nitrogens with zero attached hydrogens (tertiary/aromatic N) is 1. The van der Waals surface area contributed by atoms with Gasteiger partial charge in [0.2, 0.25) is 10.0 Å². The van der Waals surface area contributed by atoms with Gasteiger partial charge in [0.25, 0.3) is 5.91 Å². The Morgan fingerprint density at radius 3 is 2.39 bits per heavy atom. The number of sulfonamides is 1. The zero-order valence-corrected chi connectivity index (χ0v) is 17.6. The zero-order chi connectivity index (χ0) is 20.9. The number of hydrogen-bond acceptors (Lipinski definition) is 5. The van der Waals surface area contributed by atoms with Crippen molar-refractivity contribution in [3.63, 3.8) is 0 Å². The Morgan fingerprint density at radius 1 is 1.11 bits per heavy atom. The molecule has 10 heteroatoms. The Hall–Kier alpha value is -2.00. The minimum Gasteiger partial charge on any atom is -0.506 e. The van der Waals surface area contributed by atoms with E-state index in [2.05, 4.69) is 5.32 Å². The number of halogens is 2.